The molecule has 0 atom stereocenters. The molecule has 0 aromatic carbocycles. The molecule has 0 nitrogen and oxygen atoms in total. The number of halogens is 3. The maximum absolute atomic E-state index is 5.65. The van der Waals surface area contributed by atoms with Gasteiger partial charge in [-0.1, -0.05) is 46.9 Å². The predicted molar refractivity (Wildman–Crippen MR) is 44.7 cm³/mol. The van der Waals surface area contributed by atoms with Gasteiger partial charge in [-0.25, -0.2) is 0 Å². The highest BCUT2D eigenvalue weighted by atomic mass is 35.6. The zero-order chi connectivity index (χ0) is 7.35. The average Bonchev–Trinajstić information content (AvgIpc) is 2.40. The molecule has 0 saturated heterocycles. The Bertz CT molecular complexity index is 285. The highest BCUT2D eigenvalue weighted by Gasteiger charge is 2.31. The summed E-state index contributed by atoms with van der Waals surface area (Å²) in [6, 6.07) is 5.79. The Balaban J connectivity index is 2.45. The number of fused-ring (bicyclic) bond motifs is 1. The van der Waals surface area contributed by atoms with Crippen LogP contribution in [0.3, 0.4) is 0 Å². The molecule has 0 fully saturated rings. The van der Waals surface area contributed by atoms with Crippen LogP contribution in [0.5, 0.6) is 0 Å². The summed E-state index contributed by atoms with van der Waals surface area (Å²) in [5.41, 5.74) is 3.09. The first kappa shape index (κ1) is 6.78. The van der Waals surface area contributed by atoms with Crippen LogP contribution in [0.2, 0.25) is 0 Å². The largest absolute Gasteiger partial charge is 0.216 e. The Morgan fingerprint density at radius 3 is 2.00 bits per heavy atom. The quantitative estimate of drug-likeness (QED) is 0.562. The molecule has 0 bridgehead atoms. The zero-order valence-corrected chi connectivity index (χ0v) is 7.13. The molecule has 0 radical (unpaired) electrons. The monoisotopic (exact) mass is 192 g/mol. The number of alkyl halides is 3. The van der Waals surface area contributed by atoms with Crippen molar-refractivity contribution in [3.63, 3.8) is 0 Å². The minimum atomic E-state index is -1.25. The van der Waals surface area contributed by atoms with Crippen molar-refractivity contribution in [3.8, 4) is 11.1 Å². The summed E-state index contributed by atoms with van der Waals surface area (Å²) in [4.78, 5) is 0. The van der Waals surface area contributed by atoms with Gasteiger partial charge in [0.15, 0.2) is 0 Å². The van der Waals surface area contributed by atoms with Gasteiger partial charge in [-0.2, -0.15) is 0 Å². The number of rotatable bonds is 0. The van der Waals surface area contributed by atoms with E-state index in [1.807, 2.05) is 18.2 Å². The summed E-state index contributed by atoms with van der Waals surface area (Å²) in [7, 11) is 0. The van der Waals surface area contributed by atoms with Crippen molar-refractivity contribution in [2.75, 3.05) is 0 Å². The van der Waals surface area contributed by atoms with Crippen LogP contribution >= 0.6 is 34.8 Å². The van der Waals surface area contributed by atoms with Crippen LogP contribution in [0.15, 0.2) is 18.2 Å². The lowest BCUT2D eigenvalue weighted by Crippen LogP contribution is -1.96. The van der Waals surface area contributed by atoms with E-state index in [1.165, 1.54) is 5.56 Å². The molecule has 0 saturated carbocycles. The molecule has 0 amide bonds. The van der Waals surface area contributed by atoms with Gasteiger partial charge in [-0.3, -0.25) is 0 Å². The molecule has 0 aromatic heterocycles. The maximum atomic E-state index is 5.65. The third-order valence-corrected chi connectivity index (χ3v) is 2.16. The second-order valence-corrected chi connectivity index (χ2v) is 4.54. The number of hydrogen-bond acceptors (Lipinski definition) is 0. The van der Waals surface area contributed by atoms with Crippen LogP contribution in [-0.4, -0.2) is 0 Å². The number of hydrogen-bond donors (Lipinski definition) is 0. The first-order chi connectivity index (χ1) is 4.59. The van der Waals surface area contributed by atoms with Crippen LogP contribution in [0, 0.1) is 0 Å². The second-order valence-electron chi connectivity index (χ2n) is 2.26. The fraction of sp³-hybridized carbons (Fsp3) is 0.143. The fourth-order valence-electron chi connectivity index (χ4n) is 1.00. The summed E-state index contributed by atoms with van der Waals surface area (Å²) in [5.74, 6) is 0. The van der Waals surface area contributed by atoms with E-state index < -0.39 is 3.79 Å². The van der Waals surface area contributed by atoms with Gasteiger partial charge < -0.3 is 0 Å². The first-order valence-corrected chi connectivity index (χ1v) is 3.94. The molecule has 0 aliphatic heterocycles. The van der Waals surface area contributed by atoms with Gasteiger partial charge in [0.2, 0.25) is 3.79 Å². The Morgan fingerprint density at radius 1 is 1.10 bits per heavy atom. The molecule has 10 heavy (non-hydrogen) atoms. The summed E-state index contributed by atoms with van der Waals surface area (Å²) in [6.07, 6.45) is 0. The zero-order valence-electron chi connectivity index (χ0n) is 4.87. The standard InChI is InChI=1S/C7H3Cl3/c8-7(9,10)6-2-1-4-3-5(4)6/h1-3H. The molecule has 2 rings (SSSR count). The Hall–Kier alpha value is 0.0900. The van der Waals surface area contributed by atoms with Crippen LogP contribution in [0.1, 0.15) is 5.56 Å². The van der Waals surface area contributed by atoms with E-state index in [1.54, 1.807) is 0 Å². The normalized spacial score (nSPS) is 13.5. The van der Waals surface area contributed by atoms with Crippen molar-refractivity contribution in [2.45, 2.75) is 3.79 Å². The van der Waals surface area contributed by atoms with Crippen molar-refractivity contribution >= 4 is 34.8 Å². The van der Waals surface area contributed by atoms with Crippen molar-refractivity contribution in [1.29, 1.82) is 0 Å². The lowest BCUT2D eigenvalue weighted by atomic mass is 10.3. The summed E-state index contributed by atoms with van der Waals surface area (Å²) in [5, 5.41) is 0. The molecular weight excluding hydrogens is 190 g/mol. The van der Waals surface area contributed by atoms with E-state index in [9.17, 15) is 0 Å². The van der Waals surface area contributed by atoms with Crippen molar-refractivity contribution in [2.24, 2.45) is 0 Å². The minimum absolute atomic E-state index is 0.799. The highest BCUT2D eigenvalue weighted by Crippen LogP contribution is 2.49. The number of benzene rings is 1. The lowest BCUT2D eigenvalue weighted by Gasteiger charge is -2.07. The van der Waals surface area contributed by atoms with Gasteiger partial charge in [-0.15, -0.1) is 0 Å². The van der Waals surface area contributed by atoms with E-state index in [4.69, 9.17) is 34.8 Å². The Morgan fingerprint density at radius 2 is 1.80 bits per heavy atom. The first-order valence-electron chi connectivity index (χ1n) is 2.80. The van der Waals surface area contributed by atoms with Crippen LogP contribution < -0.4 is 0 Å². The smallest absolute Gasteiger partial charge is 0.0784 e. The average molecular weight is 193 g/mol. The van der Waals surface area contributed by atoms with Gasteiger partial charge in [0.05, 0.1) is 0 Å². The summed E-state index contributed by atoms with van der Waals surface area (Å²) < 4.78 is -1.25. The van der Waals surface area contributed by atoms with Gasteiger partial charge in [0.1, 0.15) is 0 Å². The summed E-state index contributed by atoms with van der Waals surface area (Å²) >= 11 is 16.9. The van der Waals surface area contributed by atoms with E-state index in [-0.39, 0.29) is 0 Å². The van der Waals surface area contributed by atoms with Gasteiger partial charge >= 0.3 is 0 Å². The maximum Gasteiger partial charge on any atom is 0.216 e. The summed E-state index contributed by atoms with van der Waals surface area (Å²) in [6.45, 7) is 0. The molecule has 0 aromatic rings. The second kappa shape index (κ2) is 1.82. The van der Waals surface area contributed by atoms with Crippen LogP contribution in [0.4, 0.5) is 0 Å². The van der Waals surface area contributed by atoms with E-state index >= 15 is 0 Å². The molecule has 0 N–H and O–H groups in total. The van der Waals surface area contributed by atoms with Crippen molar-refractivity contribution in [3.05, 3.63) is 23.8 Å². The van der Waals surface area contributed by atoms with Gasteiger partial charge in [0, 0.05) is 5.56 Å². The minimum Gasteiger partial charge on any atom is -0.0784 e. The highest BCUT2D eigenvalue weighted by molar-refractivity contribution is 6.67. The van der Waals surface area contributed by atoms with Gasteiger partial charge in [-0.05, 0) is 17.2 Å². The van der Waals surface area contributed by atoms with Gasteiger partial charge in [0.25, 0.3) is 0 Å². The molecule has 2 aliphatic carbocycles. The topological polar surface area (TPSA) is 0 Å². The molecule has 3 heteroatoms. The molecular formula is C7H3Cl3. The van der Waals surface area contributed by atoms with E-state index in [0.29, 0.717) is 0 Å². The van der Waals surface area contributed by atoms with Crippen LogP contribution in [-0.2, 0) is 3.79 Å². The molecule has 0 spiro atoms. The molecule has 52 valence electrons. The third kappa shape index (κ3) is 0.914. The van der Waals surface area contributed by atoms with E-state index in [2.05, 4.69) is 0 Å². The predicted octanol–water partition coefficient (Wildman–Crippen LogP) is 3.49. The lowest BCUT2D eigenvalue weighted by molar-refractivity contribution is 1.28. The molecule has 0 heterocycles. The molecule has 2 aliphatic rings. The Kier molecular flexibility index (Phi) is 1.23. The van der Waals surface area contributed by atoms with Crippen molar-refractivity contribution < 1.29 is 0 Å². The SMILES string of the molecule is ClC(Cl)(Cl)c1ccc2cc1-2. The molecule has 0 unspecified atom stereocenters. The van der Waals surface area contributed by atoms with Crippen molar-refractivity contribution in [1.82, 2.24) is 0 Å². The Labute approximate surface area is 73.7 Å². The third-order valence-electron chi connectivity index (χ3n) is 1.55. The van der Waals surface area contributed by atoms with Crippen LogP contribution in [0.25, 0.3) is 11.1 Å². The van der Waals surface area contributed by atoms with E-state index in [0.717, 1.165) is 11.1 Å². The fourth-order valence-corrected chi connectivity index (χ4v) is 1.50.